The maximum Gasteiger partial charge on any atom is 0.251 e. The first-order valence-corrected chi connectivity index (χ1v) is 8.99. The minimum Gasteiger partial charge on any atom is -0.343 e. The summed E-state index contributed by atoms with van der Waals surface area (Å²) in [5.41, 5.74) is 1.54. The molecule has 1 amide bonds. The Morgan fingerprint density at radius 1 is 1.19 bits per heavy atom. The molecule has 1 saturated carbocycles. The van der Waals surface area contributed by atoms with Crippen molar-refractivity contribution >= 4 is 5.91 Å². The third-order valence-corrected chi connectivity index (χ3v) is 4.79. The maximum atomic E-state index is 12.3. The van der Waals surface area contributed by atoms with Crippen molar-refractivity contribution in [2.75, 3.05) is 0 Å². The minimum atomic E-state index is -0.167. The van der Waals surface area contributed by atoms with Crippen LogP contribution in [0.2, 0.25) is 0 Å². The van der Waals surface area contributed by atoms with Gasteiger partial charge in [-0.05, 0) is 37.1 Å². The number of hydrogen-bond acceptors (Lipinski definition) is 5. The monoisotopic (exact) mass is 351 g/mol. The van der Waals surface area contributed by atoms with Crippen LogP contribution < -0.4 is 5.32 Å². The Morgan fingerprint density at radius 2 is 2.00 bits per heavy atom. The number of carbonyl (C=O) groups excluding carboxylic acids is 1. The average molecular weight is 351 g/mol. The van der Waals surface area contributed by atoms with Gasteiger partial charge in [-0.15, -0.1) is 0 Å². The Hall–Kier alpha value is -2.96. The largest absolute Gasteiger partial charge is 0.343 e. The molecule has 26 heavy (non-hydrogen) atoms. The lowest BCUT2D eigenvalue weighted by Gasteiger charge is -2.17. The van der Waals surface area contributed by atoms with E-state index in [0.717, 1.165) is 24.4 Å². The molecule has 0 aliphatic heterocycles. The van der Waals surface area contributed by atoms with Gasteiger partial charge in [0.05, 0.1) is 12.9 Å². The van der Waals surface area contributed by atoms with E-state index >= 15 is 0 Å². The fraction of sp³-hybridized carbons (Fsp3) is 0.368. The topological polar surface area (TPSA) is 85.8 Å². The summed E-state index contributed by atoms with van der Waals surface area (Å²) >= 11 is 0. The number of amides is 1. The van der Waals surface area contributed by atoms with Crippen molar-refractivity contribution in [3.63, 3.8) is 0 Å². The Labute approximate surface area is 151 Å². The first-order chi connectivity index (χ1) is 12.8. The number of nitrogens with zero attached hydrogens (tertiary/aromatic N) is 4. The second-order valence-corrected chi connectivity index (χ2v) is 6.58. The fourth-order valence-corrected chi connectivity index (χ4v) is 3.32. The van der Waals surface area contributed by atoms with Gasteiger partial charge >= 0.3 is 0 Å². The first kappa shape index (κ1) is 16.5. The van der Waals surface area contributed by atoms with Crippen LogP contribution in [0.25, 0.3) is 5.69 Å². The molecular formula is C19H21N5O2. The Balaban J connectivity index is 1.34. The smallest absolute Gasteiger partial charge is 0.251 e. The SMILES string of the molecule is O=C(NCc1nc(C2CCCCC2)no1)c1ccc(-n2ccnc2)cc1. The highest BCUT2D eigenvalue weighted by atomic mass is 16.5. The molecule has 4 rings (SSSR count). The summed E-state index contributed by atoms with van der Waals surface area (Å²) in [5, 5.41) is 6.92. The summed E-state index contributed by atoms with van der Waals surface area (Å²) in [6.45, 7) is 0.238. The van der Waals surface area contributed by atoms with Crippen LogP contribution in [0.5, 0.6) is 0 Å². The standard InChI is InChI=1S/C19H21N5O2/c25-19(15-6-8-16(9-7-15)24-11-10-20-13-24)21-12-17-22-18(23-26-17)14-4-2-1-3-5-14/h6-11,13-14H,1-5,12H2,(H,21,25). The van der Waals surface area contributed by atoms with Crippen molar-refractivity contribution in [1.82, 2.24) is 25.0 Å². The number of imidazole rings is 1. The molecule has 2 aromatic heterocycles. The molecule has 0 bridgehead atoms. The van der Waals surface area contributed by atoms with E-state index in [0.29, 0.717) is 17.4 Å². The van der Waals surface area contributed by atoms with E-state index in [-0.39, 0.29) is 12.5 Å². The number of hydrogen-bond donors (Lipinski definition) is 1. The van der Waals surface area contributed by atoms with Crippen LogP contribution in [-0.4, -0.2) is 25.6 Å². The molecule has 7 heteroatoms. The second-order valence-electron chi connectivity index (χ2n) is 6.58. The molecule has 0 atom stereocenters. The minimum absolute atomic E-state index is 0.167. The van der Waals surface area contributed by atoms with Gasteiger partial charge in [0, 0.05) is 29.6 Å². The van der Waals surface area contributed by atoms with Crippen molar-refractivity contribution < 1.29 is 9.32 Å². The van der Waals surface area contributed by atoms with E-state index in [9.17, 15) is 4.79 Å². The van der Waals surface area contributed by atoms with Gasteiger partial charge in [0.2, 0.25) is 5.89 Å². The first-order valence-electron chi connectivity index (χ1n) is 8.99. The molecule has 1 aromatic carbocycles. The van der Waals surface area contributed by atoms with E-state index < -0.39 is 0 Å². The number of aromatic nitrogens is 4. The van der Waals surface area contributed by atoms with Gasteiger partial charge in [-0.3, -0.25) is 4.79 Å². The predicted octanol–water partition coefficient (Wildman–Crippen LogP) is 3.23. The molecule has 0 spiro atoms. The van der Waals surface area contributed by atoms with Gasteiger partial charge in [-0.25, -0.2) is 4.98 Å². The molecule has 134 valence electrons. The van der Waals surface area contributed by atoms with Crippen molar-refractivity contribution in [3.8, 4) is 5.69 Å². The Bertz CT molecular complexity index is 848. The molecule has 0 saturated heterocycles. The molecule has 1 fully saturated rings. The van der Waals surface area contributed by atoms with Crippen molar-refractivity contribution in [2.45, 2.75) is 44.6 Å². The predicted molar refractivity (Wildman–Crippen MR) is 94.9 cm³/mol. The molecule has 3 aromatic rings. The highest BCUT2D eigenvalue weighted by Crippen LogP contribution is 2.30. The number of carbonyl (C=O) groups is 1. The van der Waals surface area contributed by atoms with Crippen LogP contribution >= 0.6 is 0 Å². The zero-order valence-corrected chi connectivity index (χ0v) is 14.5. The zero-order valence-electron chi connectivity index (χ0n) is 14.5. The van der Waals surface area contributed by atoms with Gasteiger partial charge in [-0.1, -0.05) is 24.4 Å². The third kappa shape index (κ3) is 3.66. The summed E-state index contributed by atoms with van der Waals surface area (Å²) in [6.07, 6.45) is 11.3. The number of nitrogens with one attached hydrogen (secondary N) is 1. The lowest BCUT2D eigenvalue weighted by atomic mass is 9.89. The van der Waals surface area contributed by atoms with Crippen LogP contribution in [-0.2, 0) is 6.54 Å². The summed E-state index contributed by atoms with van der Waals surface area (Å²) in [5.74, 6) is 1.46. The van der Waals surface area contributed by atoms with E-state index in [1.165, 1.54) is 19.3 Å². The average Bonchev–Trinajstić information content (AvgIpc) is 3.39. The second kappa shape index (κ2) is 7.51. The fourth-order valence-electron chi connectivity index (χ4n) is 3.32. The molecule has 2 heterocycles. The Kier molecular flexibility index (Phi) is 4.77. The van der Waals surface area contributed by atoms with Crippen molar-refractivity contribution in [2.24, 2.45) is 0 Å². The molecule has 1 aliphatic rings. The maximum absolute atomic E-state index is 12.3. The molecular weight excluding hydrogens is 330 g/mol. The summed E-state index contributed by atoms with van der Waals surface area (Å²) in [7, 11) is 0. The summed E-state index contributed by atoms with van der Waals surface area (Å²) < 4.78 is 7.17. The van der Waals surface area contributed by atoms with Gasteiger partial charge in [0.25, 0.3) is 5.91 Å². The molecule has 1 N–H and O–H groups in total. The van der Waals surface area contributed by atoms with Crippen LogP contribution in [0.1, 0.15) is 60.1 Å². The third-order valence-electron chi connectivity index (χ3n) is 4.79. The number of benzene rings is 1. The van der Waals surface area contributed by atoms with Gasteiger partial charge in [-0.2, -0.15) is 4.98 Å². The normalized spacial score (nSPS) is 15.1. The van der Waals surface area contributed by atoms with E-state index in [2.05, 4.69) is 20.4 Å². The Morgan fingerprint density at radius 3 is 2.73 bits per heavy atom. The van der Waals surface area contributed by atoms with Gasteiger partial charge in [0.15, 0.2) is 5.82 Å². The molecule has 1 aliphatic carbocycles. The number of rotatable bonds is 5. The van der Waals surface area contributed by atoms with E-state index in [1.807, 2.05) is 22.9 Å². The highest BCUT2D eigenvalue weighted by Gasteiger charge is 2.21. The van der Waals surface area contributed by atoms with Crippen LogP contribution in [0.4, 0.5) is 0 Å². The van der Waals surface area contributed by atoms with E-state index in [4.69, 9.17) is 4.52 Å². The van der Waals surface area contributed by atoms with Crippen molar-refractivity contribution in [3.05, 3.63) is 60.3 Å². The molecule has 0 unspecified atom stereocenters. The molecule has 0 radical (unpaired) electrons. The van der Waals surface area contributed by atoms with Crippen LogP contribution in [0.15, 0.2) is 47.5 Å². The van der Waals surface area contributed by atoms with Crippen LogP contribution in [0, 0.1) is 0 Å². The quantitative estimate of drug-likeness (QED) is 0.763. The van der Waals surface area contributed by atoms with Gasteiger partial charge < -0.3 is 14.4 Å². The summed E-state index contributed by atoms with van der Waals surface area (Å²) in [6, 6.07) is 7.33. The van der Waals surface area contributed by atoms with Crippen LogP contribution in [0.3, 0.4) is 0 Å². The lowest BCUT2D eigenvalue weighted by Crippen LogP contribution is -2.23. The zero-order chi connectivity index (χ0) is 17.8. The van der Waals surface area contributed by atoms with E-state index in [1.54, 1.807) is 24.7 Å². The highest BCUT2D eigenvalue weighted by molar-refractivity contribution is 5.94. The van der Waals surface area contributed by atoms with Gasteiger partial charge in [0.1, 0.15) is 0 Å². The summed E-state index contributed by atoms with van der Waals surface area (Å²) in [4.78, 5) is 20.8. The lowest BCUT2D eigenvalue weighted by molar-refractivity contribution is 0.0946. The van der Waals surface area contributed by atoms with Crippen molar-refractivity contribution in [1.29, 1.82) is 0 Å². The molecule has 7 nitrogen and oxygen atoms in total.